The van der Waals surface area contributed by atoms with Crippen LogP contribution in [-0.4, -0.2) is 28.4 Å². The molecule has 1 fully saturated rings. The molecule has 30 heavy (non-hydrogen) atoms. The molecule has 0 atom stereocenters. The van der Waals surface area contributed by atoms with Crippen molar-refractivity contribution in [2.24, 2.45) is 5.73 Å². The van der Waals surface area contributed by atoms with Crippen molar-refractivity contribution in [1.29, 1.82) is 0 Å². The first-order valence-electron chi connectivity index (χ1n) is 10.3. The number of nitrogens with one attached hydrogen (secondary N) is 1. The number of fused-ring (bicyclic) bond motifs is 5. The Balaban J connectivity index is 1.59. The average Bonchev–Trinajstić information content (AvgIpc) is 3.10. The van der Waals surface area contributed by atoms with Gasteiger partial charge in [0.1, 0.15) is 0 Å². The molecule has 0 radical (unpaired) electrons. The number of thioether (sulfide) groups is 1. The fourth-order valence-corrected chi connectivity index (χ4v) is 5.47. The first kappa shape index (κ1) is 19.1. The molecule has 6 rings (SSSR count). The number of dihydropyridines is 1. The van der Waals surface area contributed by atoms with E-state index in [-0.39, 0.29) is 5.69 Å². The van der Waals surface area contributed by atoms with E-state index in [0.717, 1.165) is 47.7 Å². The lowest BCUT2D eigenvalue weighted by Crippen LogP contribution is -2.21. The topological polar surface area (TPSA) is 80.9 Å². The van der Waals surface area contributed by atoms with E-state index in [9.17, 15) is 4.79 Å². The molecule has 1 aliphatic carbocycles. The van der Waals surface area contributed by atoms with Crippen molar-refractivity contribution in [3.63, 3.8) is 0 Å². The quantitative estimate of drug-likeness (QED) is 0.786. The SMILES string of the molecule is Cc1ccc(C2=Cc3c(CC4=C5CCCC(=C4)NC5)nnc(C(N)=O)c3SC2)cc1. The third-order valence-corrected chi connectivity index (χ3v) is 7.16. The van der Waals surface area contributed by atoms with E-state index in [4.69, 9.17) is 5.73 Å². The minimum atomic E-state index is -0.521. The summed E-state index contributed by atoms with van der Waals surface area (Å²) < 4.78 is 0. The van der Waals surface area contributed by atoms with Crippen LogP contribution in [0.15, 0.2) is 52.1 Å². The summed E-state index contributed by atoms with van der Waals surface area (Å²) in [7, 11) is 0. The molecule has 4 heterocycles. The lowest BCUT2D eigenvalue weighted by Gasteiger charge is -2.22. The van der Waals surface area contributed by atoms with E-state index < -0.39 is 5.91 Å². The minimum Gasteiger partial charge on any atom is -0.385 e. The zero-order chi connectivity index (χ0) is 20.7. The summed E-state index contributed by atoms with van der Waals surface area (Å²) in [4.78, 5) is 12.8. The number of carbonyl (C=O) groups is 1. The van der Waals surface area contributed by atoms with Gasteiger partial charge in [0.2, 0.25) is 0 Å². The van der Waals surface area contributed by atoms with Gasteiger partial charge in [0.15, 0.2) is 5.69 Å². The maximum atomic E-state index is 12.0. The van der Waals surface area contributed by atoms with Crippen LogP contribution in [0.3, 0.4) is 0 Å². The number of benzene rings is 1. The van der Waals surface area contributed by atoms with Gasteiger partial charge in [-0.05, 0) is 60.6 Å². The molecular formula is C24H24N4OS. The number of nitrogens with two attached hydrogens (primary N) is 1. The summed E-state index contributed by atoms with van der Waals surface area (Å²) in [6.07, 6.45) is 8.60. The number of allylic oxidation sites excluding steroid dienone is 3. The lowest BCUT2D eigenvalue weighted by molar-refractivity contribution is 0.0991. The summed E-state index contributed by atoms with van der Waals surface area (Å²) in [5.41, 5.74) is 15.6. The minimum absolute atomic E-state index is 0.276. The third kappa shape index (κ3) is 3.56. The predicted octanol–water partition coefficient (Wildman–Crippen LogP) is 4.04. The Morgan fingerprint density at radius 2 is 2.00 bits per heavy atom. The number of aromatic nitrogens is 2. The molecule has 6 heteroatoms. The highest BCUT2D eigenvalue weighted by Gasteiger charge is 2.25. The smallest absolute Gasteiger partial charge is 0.270 e. The summed E-state index contributed by atoms with van der Waals surface area (Å²) in [5, 5.41) is 12.2. The van der Waals surface area contributed by atoms with Gasteiger partial charge in [0.05, 0.1) is 10.6 Å². The van der Waals surface area contributed by atoms with Crippen molar-refractivity contribution in [2.75, 3.05) is 12.3 Å². The normalized spacial score (nSPS) is 17.6. The zero-order valence-corrected chi connectivity index (χ0v) is 17.8. The van der Waals surface area contributed by atoms with Crippen LogP contribution >= 0.6 is 11.8 Å². The number of hydrogen-bond donors (Lipinski definition) is 2. The molecule has 1 aromatic carbocycles. The van der Waals surface area contributed by atoms with Gasteiger partial charge in [-0.15, -0.1) is 16.9 Å². The van der Waals surface area contributed by atoms with Crippen molar-refractivity contribution in [2.45, 2.75) is 37.5 Å². The number of amides is 1. The third-order valence-electron chi connectivity index (χ3n) is 6.00. The summed E-state index contributed by atoms with van der Waals surface area (Å²) in [5.74, 6) is 0.260. The van der Waals surface area contributed by atoms with E-state index >= 15 is 0 Å². The second-order valence-electron chi connectivity index (χ2n) is 8.11. The summed E-state index contributed by atoms with van der Waals surface area (Å²) in [6.45, 7) is 3.02. The Labute approximate surface area is 180 Å². The fraction of sp³-hybridized carbons (Fsp3) is 0.292. The number of primary amides is 1. The van der Waals surface area contributed by atoms with Gasteiger partial charge in [-0.1, -0.05) is 29.8 Å². The first-order valence-corrected chi connectivity index (χ1v) is 11.3. The van der Waals surface area contributed by atoms with E-state index in [1.165, 1.54) is 40.0 Å². The Bertz CT molecular complexity index is 1120. The molecule has 3 aliphatic heterocycles. The number of nitrogens with zero attached hydrogens (tertiary/aromatic N) is 2. The molecule has 0 saturated carbocycles. The maximum Gasteiger partial charge on any atom is 0.270 e. The standard InChI is InChI=1S/C24H24N4OS/c1-14-5-7-15(8-6-14)18-10-20-21(27-28-22(24(25)29)23(20)30-13-18)11-17-9-19-4-2-3-16(17)12-26-19/h5-10,26H,2-4,11-13H2,1H3,(H2,25,29). The van der Waals surface area contributed by atoms with E-state index in [1.54, 1.807) is 11.8 Å². The first-order chi connectivity index (χ1) is 14.6. The van der Waals surface area contributed by atoms with Crippen molar-refractivity contribution in [3.8, 4) is 0 Å². The number of aryl methyl sites for hydroxylation is 1. The van der Waals surface area contributed by atoms with Crippen molar-refractivity contribution >= 4 is 29.3 Å². The lowest BCUT2D eigenvalue weighted by atomic mass is 9.95. The molecule has 5 nitrogen and oxygen atoms in total. The van der Waals surface area contributed by atoms with Crippen LogP contribution in [0.1, 0.15) is 52.1 Å². The van der Waals surface area contributed by atoms with E-state index in [1.807, 2.05) is 0 Å². The molecule has 4 aliphatic rings. The average molecular weight is 417 g/mol. The highest BCUT2D eigenvalue weighted by atomic mass is 32.2. The Hall–Kier alpha value is -2.86. The van der Waals surface area contributed by atoms with Crippen LogP contribution in [-0.2, 0) is 6.42 Å². The molecule has 1 saturated heterocycles. The van der Waals surface area contributed by atoms with E-state index in [2.05, 4.69) is 58.9 Å². The number of rotatable bonds is 4. The molecule has 152 valence electrons. The Morgan fingerprint density at radius 1 is 1.17 bits per heavy atom. The van der Waals surface area contributed by atoms with Crippen molar-refractivity contribution in [1.82, 2.24) is 15.5 Å². The number of carbonyl (C=O) groups excluding carboxylic acids is 1. The summed E-state index contributed by atoms with van der Waals surface area (Å²) in [6, 6.07) is 8.57. The monoisotopic (exact) mass is 416 g/mol. The Kier molecular flexibility index (Phi) is 4.95. The van der Waals surface area contributed by atoms with Gasteiger partial charge in [0.25, 0.3) is 5.91 Å². The second-order valence-corrected chi connectivity index (χ2v) is 9.09. The zero-order valence-electron chi connectivity index (χ0n) is 17.0. The fourth-order valence-electron chi connectivity index (χ4n) is 4.31. The van der Waals surface area contributed by atoms with Gasteiger partial charge in [0, 0.05) is 30.0 Å². The highest BCUT2D eigenvalue weighted by Crippen LogP contribution is 2.39. The van der Waals surface area contributed by atoms with Gasteiger partial charge >= 0.3 is 0 Å². The second kappa shape index (κ2) is 7.76. The molecule has 0 unspecified atom stereocenters. The molecule has 3 N–H and O–H groups in total. The molecular weight excluding hydrogens is 392 g/mol. The summed E-state index contributed by atoms with van der Waals surface area (Å²) >= 11 is 1.63. The molecule has 0 spiro atoms. The van der Waals surface area contributed by atoms with Gasteiger partial charge in [-0.2, -0.15) is 5.10 Å². The van der Waals surface area contributed by atoms with E-state index in [0.29, 0.717) is 0 Å². The van der Waals surface area contributed by atoms with Crippen molar-refractivity contribution < 1.29 is 4.79 Å². The number of hydrogen-bond acceptors (Lipinski definition) is 5. The molecule has 2 bridgehead atoms. The maximum absolute atomic E-state index is 12.0. The van der Waals surface area contributed by atoms with Gasteiger partial charge in [-0.25, -0.2) is 0 Å². The molecule has 2 aromatic rings. The van der Waals surface area contributed by atoms with Gasteiger partial charge in [-0.3, -0.25) is 4.79 Å². The van der Waals surface area contributed by atoms with Crippen LogP contribution in [0, 0.1) is 6.92 Å². The molecule has 1 aromatic heterocycles. The van der Waals surface area contributed by atoms with Crippen LogP contribution in [0.25, 0.3) is 11.6 Å². The van der Waals surface area contributed by atoms with Crippen LogP contribution in [0.4, 0.5) is 0 Å². The van der Waals surface area contributed by atoms with Crippen LogP contribution < -0.4 is 11.1 Å². The molecule has 1 amide bonds. The predicted molar refractivity (Wildman–Crippen MR) is 121 cm³/mol. The van der Waals surface area contributed by atoms with Gasteiger partial charge < -0.3 is 11.1 Å². The highest BCUT2D eigenvalue weighted by molar-refractivity contribution is 8.00. The van der Waals surface area contributed by atoms with Crippen LogP contribution in [0.5, 0.6) is 0 Å². The van der Waals surface area contributed by atoms with Crippen molar-refractivity contribution in [3.05, 3.63) is 75.3 Å². The Morgan fingerprint density at radius 3 is 2.80 bits per heavy atom. The largest absolute Gasteiger partial charge is 0.385 e. The van der Waals surface area contributed by atoms with Crippen LogP contribution in [0.2, 0.25) is 0 Å².